The van der Waals surface area contributed by atoms with Crippen LogP contribution >= 0.6 is 0 Å². The van der Waals surface area contributed by atoms with Crippen LogP contribution in [0, 0.1) is 11.8 Å². The summed E-state index contributed by atoms with van der Waals surface area (Å²) in [6.45, 7) is 21.3. The van der Waals surface area contributed by atoms with Crippen LogP contribution in [0.2, 0.25) is 0 Å². The number of aliphatic hydroxyl groups is 3. The summed E-state index contributed by atoms with van der Waals surface area (Å²) < 4.78 is 29.8. The van der Waals surface area contributed by atoms with E-state index in [4.69, 9.17) is 23.7 Å². The molecule has 12 heteroatoms. The summed E-state index contributed by atoms with van der Waals surface area (Å²) >= 11 is 0. The lowest BCUT2D eigenvalue weighted by molar-refractivity contribution is -0.152. The summed E-state index contributed by atoms with van der Waals surface area (Å²) in [5.74, 6) is -0.893. The second-order valence-electron chi connectivity index (χ2n) is 15.1. The molecule has 10 atom stereocenters. The molecule has 0 aromatic rings. The van der Waals surface area contributed by atoms with Crippen molar-refractivity contribution >= 4 is 12.1 Å². The van der Waals surface area contributed by atoms with Gasteiger partial charge in [0.1, 0.15) is 11.7 Å². The number of ether oxygens (including phenoxy) is 5. The molecule has 2 fully saturated rings. The van der Waals surface area contributed by atoms with Gasteiger partial charge in [-0.25, -0.2) is 4.79 Å². The number of hydrogen-bond acceptors (Lipinski definition) is 11. The zero-order chi connectivity index (χ0) is 38.5. The van der Waals surface area contributed by atoms with Crippen molar-refractivity contribution in [2.24, 2.45) is 11.8 Å². The van der Waals surface area contributed by atoms with E-state index in [9.17, 15) is 24.9 Å². The number of nitrogens with zero attached hydrogens (tertiary/aromatic N) is 2. The molecule has 3 aliphatic rings. The monoisotopic (exact) mass is 734 g/mol. The zero-order valence-electron chi connectivity index (χ0n) is 32.6. The summed E-state index contributed by atoms with van der Waals surface area (Å²) in [6.07, 6.45) is 8.53. The third kappa shape index (κ3) is 13.7. The van der Waals surface area contributed by atoms with Crippen LogP contribution in [0.15, 0.2) is 48.6 Å². The van der Waals surface area contributed by atoms with Gasteiger partial charge in [0.25, 0.3) is 0 Å². The maximum atomic E-state index is 13.6. The number of esters is 1. The summed E-state index contributed by atoms with van der Waals surface area (Å²) in [4.78, 5) is 30.6. The van der Waals surface area contributed by atoms with Gasteiger partial charge >= 0.3 is 12.1 Å². The first-order valence-electron chi connectivity index (χ1n) is 19.1. The average molecular weight is 735 g/mol. The second-order valence-corrected chi connectivity index (χ2v) is 15.1. The fourth-order valence-electron chi connectivity index (χ4n) is 6.90. The SMILES string of the molecule is C=CCN1CCN(C(=O)OC2/C=C/C(C)C(/C(C)=C/C=C/C(C)(O)CC3OC3C(C)C(O)CC)OC(=O)CC(O)CCC2(C)OCCOCC)CC1. The molecule has 3 heterocycles. The summed E-state index contributed by atoms with van der Waals surface area (Å²) in [6, 6.07) is 0. The molecule has 52 heavy (non-hydrogen) atoms. The number of piperazine rings is 1. The van der Waals surface area contributed by atoms with E-state index in [1.54, 1.807) is 30.1 Å². The molecule has 2 saturated heterocycles. The highest BCUT2D eigenvalue weighted by atomic mass is 16.6. The van der Waals surface area contributed by atoms with Crippen molar-refractivity contribution in [2.45, 2.75) is 128 Å². The number of carbonyl (C=O) groups is 2. The molecule has 0 saturated carbocycles. The molecular formula is C40H66N2O10. The van der Waals surface area contributed by atoms with E-state index in [1.165, 1.54) is 0 Å². The van der Waals surface area contributed by atoms with E-state index in [0.29, 0.717) is 58.7 Å². The topological polar surface area (TPSA) is 151 Å². The number of hydrogen-bond donors (Lipinski definition) is 3. The lowest BCUT2D eigenvalue weighted by atomic mass is 9.88. The van der Waals surface area contributed by atoms with Gasteiger partial charge in [-0.1, -0.05) is 51.2 Å². The fraction of sp³-hybridized carbons (Fsp3) is 0.750. The number of amides is 1. The van der Waals surface area contributed by atoms with Gasteiger partial charge in [0.05, 0.1) is 49.7 Å². The summed E-state index contributed by atoms with van der Waals surface area (Å²) in [5, 5.41) is 32.2. The molecule has 1 amide bonds. The average Bonchev–Trinajstić information content (AvgIpc) is 3.86. The molecule has 0 aromatic heterocycles. The van der Waals surface area contributed by atoms with Gasteiger partial charge < -0.3 is 43.9 Å². The van der Waals surface area contributed by atoms with Crippen molar-refractivity contribution in [1.82, 2.24) is 9.80 Å². The number of allylic oxidation sites excluding steroid dienone is 2. The van der Waals surface area contributed by atoms with Crippen molar-refractivity contribution in [1.29, 1.82) is 0 Å². The van der Waals surface area contributed by atoms with Crippen LogP contribution in [-0.2, 0) is 28.5 Å². The third-order valence-electron chi connectivity index (χ3n) is 10.5. The quantitative estimate of drug-likeness (QED) is 0.0673. The van der Waals surface area contributed by atoms with Crippen LogP contribution in [0.4, 0.5) is 4.79 Å². The predicted molar refractivity (Wildman–Crippen MR) is 200 cm³/mol. The zero-order valence-corrected chi connectivity index (χ0v) is 32.6. The molecule has 0 radical (unpaired) electrons. The molecule has 3 aliphatic heterocycles. The number of rotatable bonds is 16. The Hall–Kier alpha value is -2.58. The van der Waals surface area contributed by atoms with E-state index in [0.717, 1.165) is 12.1 Å². The third-order valence-corrected chi connectivity index (χ3v) is 10.5. The normalized spacial score (nSPS) is 32.5. The lowest BCUT2D eigenvalue weighted by Gasteiger charge is -2.39. The smallest absolute Gasteiger partial charge is 0.410 e. The Labute approximate surface area is 311 Å². The van der Waals surface area contributed by atoms with Gasteiger partial charge in [-0.3, -0.25) is 9.69 Å². The van der Waals surface area contributed by atoms with E-state index in [2.05, 4.69) is 11.5 Å². The minimum atomic E-state index is -1.16. The first-order chi connectivity index (χ1) is 24.6. The molecule has 0 aliphatic carbocycles. The Morgan fingerprint density at radius 1 is 1.21 bits per heavy atom. The first-order valence-corrected chi connectivity index (χ1v) is 19.1. The van der Waals surface area contributed by atoms with Crippen LogP contribution in [-0.4, -0.2) is 138 Å². The molecular weight excluding hydrogens is 668 g/mol. The summed E-state index contributed by atoms with van der Waals surface area (Å²) in [5.41, 5.74) is -1.46. The van der Waals surface area contributed by atoms with E-state index in [-0.39, 0.29) is 43.5 Å². The number of carbonyl (C=O) groups excluding carboxylic acids is 2. The minimum Gasteiger partial charge on any atom is -0.457 e. The van der Waals surface area contributed by atoms with Crippen LogP contribution in [0.5, 0.6) is 0 Å². The number of cyclic esters (lactones) is 1. The highest BCUT2D eigenvalue weighted by Crippen LogP contribution is 2.38. The predicted octanol–water partition coefficient (Wildman–Crippen LogP) is 4.57. The first kappa shape index (κ1) is 43.8. The Kier molecular flexibility index (Phi) is 17.5. The van der Waals surface area contributed by atoms with Crippen molar-refractivity contribution < 1.29 is 48.6 Å². The Morgan fingerprint density at radius 3 is 2.58 bits per heavy atom. The molecule has 296 valence electrons. The molecule has 3 N–H and O–H groups in total. The highest BCUT2D eigenvalue weighted by molar-refractivity contribution is 5.70. The van der Waals surface area contributed by atoms with Crippen LogP contribution in [0.1, 0.15) is 80.6 Å². The van der Waals surface area contributed by atoms with Crippen molar-refractivity contribution in [3.8, 4) is 0 Å². The Bertz CT molecular complexity index is 1230. The van der Waals surface area contributed by atoms with Crippen molar-refractivity contribution in [2.75, 3.05) is 52.5 Å². The van der Waals surface area contributed by atoms with Crippen LogP contribution in [0.3, 0.4) is 0 Å². The van der Waals surface area contributed by atoms with Crippen LogP contribution in [0.25, 0.3) is 0 Å². The van der Waals surface area contributed by atoms with Gasteiger partial charge in [-0.2, -0.15) is 0 Å². The van der Waals surface area contributed by atoms with Gasteiger partial charge in [0.15, 0.2) is 6.10 Å². The molecule has 0 aromatic carbocycles. The highest BCUT2D eigenvalue weighted by Gasteiger charge is 2.47. The summed E-state index contributed by atoms with van der Waals surface area (Å²) in [7, 11) is 0. The van der Waals surface area contributed by atoms with E-state index in [1.807, 2.05) is 59.8 Å². The standard InChI is InChI=1S/C40H66N2O10/c1-9-19-41-20-22-42(23-21-41)38(46)51-34-15-14-29(5)36(52-35(45)26-31(43)16-18-40(34,8)49-25-24-48-11-3)28(4)13-12-17-39(7,47)27-33-37(50-33)30(6)32(44)10-2/h9,12-15,17,29-34,36-37,43-44,47H,1,10-11,16,18-27H2,2-8H3/b15-14+,17-12+,28-13+. The van der Waals surface area contributed by atoms with Gasteiger partial charge in [0.2, 0.25) is 0 Å². The molecule has 3 rings (SSSR count). The maximum Gasteiger partial charge on any atom is 0.410 e. The fourth-order valence-corrected chi connectivity index (χ4v) is 6.90. The van der Waals surface area contributed by atoms with Gasteiger partial charge in [-0.05, 0) is 58.6 Å². The number of aliphatic hydroxyl groups excluding tert-OH is 2. The Balaban J connectivity index is 1.82. The van der Waals surface area contributed by atoms with Gasteiger partial charge in [-0.15, -0.1) is 6.58 Å². The van der Waals surface area contributed by atoms with Gasteiger partial charge in [0, 0.05) is 57.6 Å². The Morgan fingerprint density at radius 2 is 1.92 bits per heavy atom. The van der Waals surface area contributed by atoms with Crippen LogP contribution < -0.4 is 0 Å². The molecule has 10 unspecified atom stereocenters. The molecule has 12 nitrogen and oxygen atoms in total. The minimum absolute atomic E-state index is 0.0125. The molecule has 0 bridgehead atoms. The maximum absolute atomic E-state index is 13.6. The largest absolute Gasteiger partial charge is 0.457 e. The van der Waals surface area contributed by atoms with E-state index >= 15 is 0 Å². The second kappa shape index (κ2) is 20.8. The van der Waals surface area contributed by atoms with Crippen molar-refractivity contribution in [3.05, 3.63) is 48.6 Å². The van der Waals surface area contributed by atoms with Crippen molar-refractivity contribution in [3.63, 3.8) is 0 Å². The number of epoxide rings is 1. The lowest BCUT2D eigenvalue weighted by Crippen LogP contribution is -2.52. The van der Waals surface area contributed by atoms with E-state index < -0.39 is 47.7 Å². The molecule has 0 spiro atoms.